The number of benzene rings is 2. The van der Waals surface area contributed by atoms with Crippen LogP contribution in [0, 0.1) is 23.7 Å². The summed E-state index contributed by atoms with van der Waals surface area (Å²) >= 11 is 3.45. The molecule has 2 fully saturated rings. The molecule has 35 heavy (non-hydrogen) atoms. The summed E-state index contributed by atoms with van der Waals surface area (Å²) in [6.45, 7) is 6.64. The lowest BCUT2D eigenvalue weighted by Gasteiger charge is -2.17. The van der Waals surface area contributed by atoms with Gasteiger partial charge >= 0.3 is 0 Å². The Hall–Kier alpha value is -3.19. The lowest BCUT2D eigenvalue weighted by Crippen LogP contribution is -2.28. The molecule has 2 bridgehead atoms. The Bertz CT molecular complexity index is 1190. The Kier molecular flexibility index (Phi) is 6.60. The summed E-state index contributed by atoms with van der Waals surface area (Å²) < 4.78 is 13.1. The average Bonchev–Trinajstić information content (AvgIpc) is 3.53. The highest BCUT2D eigenvalue weighted by Crippen LogP contribution is 2.52. The van der Waals surface area contributed by atoms with Crippen molar-refractivity contribution in [2.24, 2.45) is 28.8 Å². The molecule has 1 saturated carbocycles. The number of hydrogen-bond donors (Lipinski definition) is 0. The van der Waals surface area contributed by atoms with E-state index in [4.69, 9.17) is 9.47 Å². The van der Waals surface area contributed by atoms with E-state index in [9.17, 15) is 9.59 Å². The molecule has 6 nitrogen and oxygen atoms in total. The highest BCUT2D eigenvalue weighted by atomic mass is 79.9. The van der Waals surface area contributed by atoms with Gasteiger partial charge in [0.05, 0.1) is 24.7 Å². The molecule has 0 aromatic heterocycles. The molecule has 2 amide bonds. The zero-order valence-electron chi connectivity index (χ0n) is 19.5. The second-order valence-corrected chi connectivity index (χ2v) is 10.00. The monoisotopic (exact) mass is 534 g/mol. The first kappa shape index (κ1) is 23.5. The van der Waals surface area contributed by atoms with Crippen molar-refractivity contribution in [1.82, 2.24) is 5.01 Å². The van der Waals surface area contributed by atoms with E-state index in [1.54, 1.807) is 12.3 Å². The van der Waals surface area contributed by atoms with Crippen LogP contribution in [0.4, 0.5) is 0 Å². The molecule has 0 radical (unpaired) electrons. The van der Waals surface area contributed by atoms with Gasteiger partial charge < -0.3 is 9.47 Å². The molecule has 0 spiro atoms. The van der Waals surface area contributed by atoms with Crippen LogP contribution in [-0.4, -0.2) is 29.6 Å². The van der Waals surface area contributed by atoms with Gasteiger partial charge in [0.15, 0.2) is 11.5 Å². The van der Waals surface area contributed by atoms with Gasteiger partial charge in [0.2, 0.25) is 0 Å². The highest BCUT2D eigenvalue weighted by molar-refractivity contribution is 9.10. The maximum Gasteiger partial charge on any atom is 0.254 e. The number of carbonyl (C=O) groups excluding carboxylic acids is 2. The molecule has 2 aromatic carbocycles. The standard InChI is InChI=1S/C28H27BrN2O4/c1-3-5-21-12-18(13-23(34-4-2)26(21)35-16-17-6-10-22(29)11-7-17)15-30-31-27(32)24-19-8-9-20(14-19)25(24)28(31)33/h3,6-13,15,19-20,24-25H,1,4-5,14,16H2,2H3/t19-,20-,24-,25+/m0/s1. The van der Waals surface area contributed by atoms with Crippen molar-refractivity contribution in [3.63, 3.8) is 0 Å². The molecule has 3 aliphatic rings. The van der Waals surface area contributed by atoms with Crippen molar-refractivity contribution in [1.29, 1.82) is 0 Å². The van der Waals surface area contributed by atoms with Crippen LogP contribution in [0.2, 0.25) is 0 Å². The van der Waals surface area contributed by atoms with Crippen LogP contribution < -0.4 is 9.47 Å². The predicted octanol–water partition coefficient (Wildman–Crippen LogP) is 5.30. The third-order valence-corrected chi connectivity index (χ3v) is 7.41. The Morgan fingerprint density at radius 3 is 2.40 bits per heavy atom. The minimum atomic E-state index is -0.264. The maximum atomic E-state index is 12.9. The van der Waals surface area contributed by atoms with Crippen LogP contribution in [0.25, 0.3) is 0 Å². The summed E-state index contributed by atoms with van der Waals surface area (Å²) in [5.74, 6) is 0.637. The lowest BCUT2D eigenvalue weighted by atomic mass is 9.85. The van der Waals surface area contributed by atoms with E-state index in [1.807, 2.05) is 43.3 Å². The largest absolute Gasteiger partial charge is 0.490 e. The highest BCUT2D eigenvalue weighted by Gasteiger charge is 2.59. The number of ether oxygens (including phenoxy) is 2. The minimum Gasteiger partial charge on any atom is -0.490 e. The molecule has 1 aliphatic heterocycles. The summed E-state index contributed by atoms with van der Waals surface area (Å²) in [6, 6.07) is 11.7. The van der Waals surface area contributed by atoms with Crippen molar-refractivity contribution >= 4 is 34.0 Å². The number of hydrogen-bond acceptors (Lipinski definition) is 5. The number of amides is 2. The van der Waals surface area contributed by atoms with E-state index >= 15 is 0 Å². The third-order valence-electron chi connectivity index (χ3n) is 6.88. The smallest absolute Gasteiger partial charge is 0.254 e. The summed E-state index contributed by atoms with van der Waals surface area (Å²) in [5, 5.41) is 5.39. The Labute approximate surface area is 213 Å². The molecule has 5 rings (SSSR count). The van der Waals surface area contributed by atoms with Gasteiger partial charge in [-0.15, -0.1) is 6.58 Å². The molecule has 2 aliphatic carbocycles. The van der Waals surface area contributed by atoms with Gasteiger partial charge in [-0.3, -0.25) is 9.59 Å². The topological polar surface area (TPSA) is 68.2 Å². The minimum absolute atomic E-state index is 0.160. The van der Waals surface area contributed by atoms with E-state index in [-0.39, 0.29) is 35.5 Å². The summed E-state index contributed by atoms with van der Waals surface area (Å²) in [5.41, 5.74) is 2.65. The van der Waals surface area contributed by atoms with Crippen molar-refractivity contribution in [3.05, 3.63) is 82.4 Å². The van der Waals surface area contributed by atoms with Crippen LogP contribution in [0.15, 0.2) is 70.8 Å². The number of halogens is 1. The third kappa shape index (κ3) is 4.45. The van der Waals surface area contributed by atoms with Crippen molar-refractivity contribution < 1.29 is 19.1 Å². The van der Waals surface area contributed by atoms with Gasteiger partial charge in [0.25, 0.3) is 11.8 Å². The molecule has 1 saturated heterocycles. The Morgan fingerprint density at radius 2 is 1.77 bits per heavy atom. The first-order chi connectivity index (χ1) is 17.0. The molecule has 0 N–H and O–H groups in total. The number of imide groups is 1. The van der Waals surface area contributed by atoms with Crippen LogP contribution in [-0.2, 0) is 22.6 Å². The SMILES string of the molecule is C=CCc1cc(C=NN2C(=O)[C@@H]3[C@H](C2=O)[C@H]2C=C[C@H]3C2)cc(OCC)c1OCc1ccc(Br)cc1. The van der Waals surface area contributed by atoms with Crippen molar-refractivity contribution in [2.45, 2.75) is 26.4 Å². The quantitative estimate of drug-likeness (QED) is 0.249. The Balaban J connectivity index is 1.39. The zero-order chi connectivity index (χ0) is 24.5. The normalized spacial score (nSPS) is 24.5. The fourth-order valence-corrected chi connectivity index (χ4v) is 5.62. The first-order valence-electron chi connectivity index (χ1n) is 11.9. The molecule has 180 valence electrons. The van der Waals surface area contributed by atoms with Gasteiger partial charge in [0, 0.05) is 10.0 Å². The van der Waals surface area contributed by atoms with Gasteiger partial charge in [-0.05, 0) is 67.0 Å². The van der Waals surface area contributed by atoms with Crippen molar-refractivity contribution in [3.8, 4) is 11.5 Å². The molecule has 4 atom stereocenters. The van der Waals surface area contributed by atoms with E-state index in [0.29, 0.717) is 31.1 Å². The van der Waals surface area contributed by atoms with Gasteiger partial charge in [-0.1, -0.05) is 46.3 Å². The second-order valence-electron chi connectivity index (χ2n) is 9.08. The number of fused-ring (bicyclic) bond motifs is 5. The summed E-state index contributed by atoms with van der Waals surface area (Å²) in [4.78, 5) is 25.9. The van der Waals surface area contributed by atoms with Crippen LogP contribution in [0.5, 0.6) is 11.5 Å². The molecular formula is C28H27BrN2O4. The number of allylic oxidation sites excluding steroid dienone is 3. The van der Waals surface area contributed by atoms with Crippen LogP contribution >= 0.6 is 15.9 Å². The van der Waals surface area contributed by atoms with Crippen LogP contribution in [0.3, 0.4) is 0 Å². The van der Waals surface area contributed by atoms with E-state index in [2.05, 4.69) is 39.8 Å². The maximum absolute atomic E-state index is 12.9. The van der Waals surface area contributed by atoms with Gasteiger partial charge in [-0.25, -0.2) is 0 Å². The van der Waals surface area contributed by atoms with Gasteiger partial charge in [0.1, 0.15) is 6.61 Å². The number of hydrazone groups is 1. The van der Waals surface area contributed by atoms with Crippen molar-refractivity contribution in [2.75, 3.05) is 6.61 Å². The lowest BCUT2D eigenvalue weighted by molar-refractivity contribution is -0.140. The van der Waals surface area contributed by atoms with E-state index in [1.165, 1.54) is 0 Å². The molecule has 0 unspecified atom stereocenters. The summed E-state index contributed by atoms with van der Waals surface area (Å²) in [6.07, 6.45) is 8.98. The summed E-state index contributed by atoms with van der Waals surface area (Å²) in [7, 11) is 0. The first-order valence-corrected chi connectivity index (χ1v) is 12.7. The number of carbonyl (C=O) groups is 2. The second kappa shape index (κ2) is 9.82. The van der Waals surface area contributed by atoms with Gasteiger partial charge in [-0.2, -0.15) is 10.1 Å². The zero-order valence-corrected chi connectivity index (χ0v) is 21.1. The number of nitrogens with zero attached hydrogens (tertiary/aromatic N) is 2. The molecule has 7 heteroatoms. The average molecular weight is 535 g/mol. The fraction of sp³-hybridized carbons (Fsp3) is 0.321. The molecule has 2 aromatic rings. The Morgan fingerprint density at radius 1 is 1.09 bits per heavy atom. The fourth-order valence-electron chi connectivity index (χ4n) is 5.35. The molecule has 1 heterocycles. The van der Waals surface area contributed by atoms with Crippen LogP contribution in [0.1, 0.15) is 30.0 Å². The number of rotatable bonds is 9. The predicted molar refractivity (Wildman–Crippen MR) is 137 cm³/mol. The molecular weight excluding hydrogens is 508 g/mol. The van der Waals surface area contributed by atoms with E-state index < -0.39 is 0 Å². The van der Waals surface area contributed by atoms with E-state index in [0.717, 1.165) is 32.6 Å².